The quantitative estimate of drug-likeness (QED) is 0.745. The Bertz CT molecular complexity index is 865. The van der Waals surface area contributed by atoms with Crippen molar-refractivity contribution in [2.45, 2.75) is 0 Å². The summed E-state index contributed by atoms with van der Waals surface area (Å²) in [6, 6.07) is 9.56. The van der Waals surface area contributed by atoms with Crippen LogP contribution in [0.1, 0.15) is 10.4 Å². The van der Waals surface area contributed by atoms with Gasteiger partial charge in [0.1, 0.15) is 11.6 Å². The van der Waals surface area contributed by atoms with E-state index >= 15 is 0 Å². The average Bonchev–Trinajstić information content (AvgIpc) is 2.96. The van der Waals surface area contributed by atoms with Crippen molar-refractivity contribution < 1.29 is 18.0 Å². The molecular weight excluding hydrogens is 372 g/mol. The highest BCUT2D eigenvalue weighted by molar-refractivity contribution is 9.10. The van der Waals surface area contributed by atoms with Gasteiger partial charge in [0.05, 0.1) is 5.56 Å². The van der Waals surface area contributed by atoms with Crippen LogP contribution in [0.2, 0.25) is 0 Å². The molecule has 0 saturated heterocycles. The summed E-state index contributed by atoms with van der Waals surface area (Å²) in [5.74, 6) is -2.36. The molecule has 0 aliphatic rings. The first kappa shape index (κ1) is 15.3. The van der Waals surface area contributed by atoms with Crippen molar-refractivity contribution in [3.63, 3.8) is 0 Å². The Morgan fingerprint density at radius 2 is 1.83 bits per heavy atom. The number of aromatic nitrogens is 2. The van der Waals surface area contributed by atoms with Gasteiger partial charge in [-0.1, -0.05) is 21.0 Å². The van der Waals surface area contributed by atoms with Gasteiger partial charge in [-0.15, -0.1) is 5.10 Å². The summed E-state index contributed by atoms with van der Waals surface area (Å²) in [7, 11) is 0. The second-order valence-corrected chi connectivity index (χ2v) is 5.41. The fraction of sp³-hybridized carbons (Fsp3) is 0. The molecule has 1 heterocycles. The molecule has 8 heteroatoms. The Labute approximate surface area is 137 Å². The molecule has 0 spiro atoms. The summed E-state index contributed by atoms with van der Waals surface area (Å²) in [5, 5.41) is 9.74. The molecule has 3 rings (SSSR count). The minimum absolute atomic E-state index is 0.184. The van der Waals surface area contributed by atoms with Crippen molar-refractivity contribution in [1.29, 1.82) is 0 Å². The number of anilines is 1. The number of carbonyl (C=O) groups is 1. The third-order valence-corrected chi connectivity index (χ3v) is 3.44. The lowest BCUT2D eigenvalue weighted by molar-refractivity contribution is 0.102. The van der Waals surface area contributed by atoms with E-state index in [1.807, 2.05) is 0 Å². The lowest BCUT2D eigenvalue weighted by Gasteiger charge is -2.02. The molecule has 0 aliphatic carbocycles. The number of nitrogens with one attached hydrogen (secondary N) is 1. The summed E-state index contributed by atoms with van der Waals surface area (Å²) in [5.41, 5.74) is 0.337. The van der Waals surface area contributed by atoms with E-state index in [2.05, 4.69) is 31.4 Å². The average molecular weight is 380 g/mol. The first-order valence-electron chi connectivity index (χ1n) is 6.39. The first-order valence-corrected chi connectivity index (χ1v) is 7.18. The molecule has 1 aromatic heterocycles. The SMILES string of the molecule is O=C(Nc1nnc(-c2ccc(Br)cc2)o1)c1ccc(F)cc1F. The van der Waals surface area contributed by atoms with E-state index < -0.39 is 17.5 Å². The van der Waals surface area contributed by atoms with Gasteiger partial charge in [-0.25, -0.2) is 8.78 Å². The van der Waals surface area contributed by atoms with Gasteiger partial charge < -0.3 is 4.42 Å². The van der Waals surface area contributed by atoms with Crippen molar-refractivity contribution in [1.82, 2.24) is 10.2 Å². The number of amides is 1. The molecule has 2 aromatic carbocycles. The fourth-order valence-electron chi connectivity index (χ4n) is 1.82. The van der Waals surface area contributed by atoms with E-state index in [-0.39, 0.29) is 17.5 Å². The number of nitrogens with zero attached hydrogens (tertiary/aromatic N) is 2. The second kappa shape index (κ2) is 6.25. The fourth-order valence-corrected chi connectivity index (χ4v) is 2.09. The lowest BCUT2D eigenvalue weighted by atomic mass is 10.2. The zero-order chi connectivity index (χ0) is 16.4. The zero-order valence-electron chi connectivity index (χ0n) is 11.4. The Kier molecular flexibility index (Phi) is 4.16. The molecule has 0 saturated carbocycles. The zero-order valence-corrected chi connectivity index (χ0v) is 13.0. The van der Waals surface area contributed by atoms with E-state index in [1.54, 1.807) is 24.3 Å². The molecule has 0 unspecified atom stereocenters. The maximum Gasteiger partial charge on any atom is 0.322 e. The third kappa shape index (κ3) is 3.42. The van der Waals surface area contributed by atoms with Crippen LogP contribution in [0, 0.1) is 11.6 Å². The first-order chi connectivity index (χ1) is 11.0. The van der Waals surface area contributed by atoms with E-state index in [4.69, 9.17) is 4.42 Å². The van der Waals surface area contributed by atoms with Crippen LogP contribution in [-0.4, -0.2) is 16.1 Å². The highest BCUT2D eigenvalue weighted by Gasteiger charge is 2.16. The number of hydrogen-bond donors (Lipinski definition) is 1. The van der Waals surface area contributed by atoms with Gasteiger partial charge in [-0.3, -0.25) is 10.1 Å². The van der Waals surface area contributed by atoms with Crippen molar-refractivity contribution >= 4 is 27.9 Å². The molecule has 0 bridgehead atoms. The summed E-state index contributed by atoms with van der Waals surface area (Å²) in [6.45, 7) is 0. The highest BCUT2D eigenvalue weighted by atomic mass is 79.9. The summed E-state index contributed by atoms with van der Waals surface area (Å²) in [6.07, 6.45) is 0. The standard InChI is InChI=1S/C15H8BrF2N3O2/c16-9-3-1-8(2-4-9)14-20-21-15(23-14)19-13(22)11-6-5-10(17)7-12(11)18/h1-7H,(H,19,21,22). The summed E-state index contributed by atoms with van der Waals surface area (Å²) < 4.78 is 32.6. The number of halogens is 3. The molecule has 5 nitrogen and oxygen atoms in total. The van der Waals surface area contributed by atoms with Crippen LogP contribution < -0.4 is 5.32 Å². The van der Waals surface area contributed by atoms with Crippen molar-refractivity contribution in [2.75, 3.05) is 5.32 Å². The molecule has 0 fully saturated rings. The maximum absolute atomic E-state index is 13.5. The van der Waals surface area contributed by atoms with Crippen LogP contribution in [0.15, 0.2) is 51.4 Å². The number of benzene rings is 2. The van der Waals surface area contributed by atoms with E-state index in [1.165, 1.54) is 0 Å². The summed E-state index contributed by atoms with van der Waals surface area (Å²) in [4.78, 5) is 11.9. The second-order valence-electron chi connectivity index (χ2n) is 4.50. The van der Waals surface area contributed by atoms with Gasteiger partial charge in [0.2, 0.25) is 5.89 Å². The number of rotatable bonds is 3. The predicted octanol–water partition coefficient (Wildman–Crippen LogP) is 4.03. The monoisotopic (exact) mass is 379 g/mol. The van der Waals surface area contributed by atoms with Crippen molar-refractivity contribution in [3.05, 3.63) is 64.1 Å². The summed E-state index contributed by atoms with van der Waals surface area (Å²) >= 11 is 3.31. The van der Waals surface area contributed by atoms with Crippen LogP contribution in [0.25, 0.3) is 11.5 Å². The van der Waals surface area contributed by atoms with Gasteiger partial charge in [-0.05, 0) is 36.4 Å². The minimum Gasteiger partial charge on any atom is -0.403 e. The molecule has 3 aromatic rings. The molecule has 23 heavy (non-hydrogen) atoms. The van der Waals surface area contributed by atoms with Gasteiger partial charge >= 0.3 is 6.01 Å². The van der Waals surface area contributed by atoms with Crippen LogP contribution in [0.5, 0.6) is 0 Å². The highest BCUT2D eigenvalue weighted by Crippen LogP contribution is 2.22. The third-order valence-electron chi connectivity index (χ3n) is 2.91. The van der Waals surface area contributed by atoms with Gasteiger partial charge in [0.15, 0.2) is 0 Å². The van der Waals surface area contributed by atoms with Crippen LogP contribution in [0.3, 0.4) is 0 Å². The molecular formula is C15H8BrF2N3O2. The Hall–Kier alpha value is -2.61. The smallest absolute Gasteiger partial charge is 0.322 e. The van der Waals surface area contributed by atoms with E-state index in [0.717, 1.165) is 16.6 Å². The number of carbonyl (C=O) groups excluding carboxylic acids is 1. The molecule has 116 valence electrons. The molecule has 0 radical (unpaired) electrons. The van der Waals surface area contributed by atoms with Gasteiger partial charge in [0.25, 0.3) is 5.91 Å². The van der Waals surface area contributed by atoms with E-state index in [0.29, 0.717) is 11.6 Å². The molecule has 0 atom stereocenters. The van der Waals surface area contributed by atoms with Crippen LogP contribution >= 0.6 is 15.9 Å². The van der Waals surface area contributed by atoms with Crippen molar-refractivity contribution in [2.24, 2.45) is 0 Å². The largest absolute Gasteiger partial charge is 0.403 e. The van der Waals surface area contributed by atoms with Crippen LogP contribution in [-0.2, 0) is 0 Å². The topological polar surface area (TPSA) is 68.0 Å². The van der Waals surface area contributed by atoms with Gasteiger partial charge in [-0.2, -0.15) is 0 Å². The Balaban J connectivity index is 1.78. The van der Waals surface area contributed by atoms with Crippen molar-refractivity contribution in [3.8, 4) is 11.5 Å². The van der Waals surface area contributed by atoms with E-state index in [9.17, 15) is 13.6 Å². The maximum atomic E-state index is 13.5. The normalized spacial score (nSPS) is 10.6. The lowest BCUT2D eigenvalue weighted by Crippen LogP contribution is -2.14. The minimum atomic E-state index is -0.977. The van der Waals surface area contributed by atoms with Gasteiger partial charge in [0, 0.05) is 16.1 Å². The molecule has 1 N–H and O–H groups in total. The number of hydrogen-bond acceptors (Lipinski definition) is 4. The molecule has 0 aliphatic heterocycles. The Morgan fingerprint density at radius 1 is 1.09 bits per heavy atom. The predicted molar refractivity (Wildman–Crippen MR) is 81.7 cm³/mol. The molecule has 1 amide bonds. The van der Waals surface area contributed by atoms with Crippen LogP contribution in [0.4, 0.5) is 14.8 Å². The Morgan fingerprint density at radius 3 is 2.52 bits per heavy atom.